The van der Waals surface area contributed by atoms with Gasteiger partial charge in [0.1, 0.15) is 5.82 Å². The number of hydrogen-bond acceptors (Lipinski definition) is 5. The highest BCUT2D eigenvalue weighted by atomic mass is 31.1. The molecule has 1 fully saturated rings. The molecule has 0 spiro atoms. The minimum atomic E-state index is -0.390. The Morgan fingerprint density at radius 2 is 1.93 bits per heavy atom. The third-order valence-corrected chi connectivity index (χ3v) is 9.35. The molecule has 6 nitrogen and oxygen atoms in total. The molecule has 1 amide bonds. The van der Waals surface area contributed by atoms with Crippen LogP contribution in [0.25, 0.3) is 0 Å². The van der Waals surface area contributed by atoms with E-state index in [0.29, 0.717) is 44.9 Å². The largest absolute Gasteiger partial charge is 0.392 e. The summed E-state index contributed by atoms with van der Waals surface area (Å²) in [4.78, 5) is 20.0. The molecule has 3 unspecified atom stereocenters. The number of β-amino-alcohol motifs (C(OH)–C–C–N with tert-alkyl or cyclic N) is 1. The predicted molar refractivity (Wildman–Crippen MR) is 174 cm³/mol. The number of benzene rings is 2. The van der Waals surface area contributed by atoms with Crippen molar-refractivity contribution in [3.63, 3.8) is 0 Å². The molecule has 0 saturated carbocycles. The summed E-state index contributed by atoms with van der Waals surface area (Å²) in [5, 5.41) is 17.8. The zero-order valence-corrected chi connectivity index (χ0v) is 26.6. The van der Waals surface area contributed by atoms with E-state index in [2.05, 4.69) is 50.5 Å². The first-order chi connectivity index (χ1) is 20.2. The van der Waals surface area contributed by atoms with Gasteiger partial charge in [-0.3, -0.25) is 20.0 Å². The number of hydrogen-bond donors (Lipinski definition) is 3. The summed E-state index contributed by atoms with van der Waals surface area (Å²) in [6.07, 6.45) is 11.3. The number of halogens is 1. The van der Waals surface area contributed by atoms with Crippen molar-refractivity contribution in [3.8, 4) is 0 Å². The first-order valence-electron chi connectivity index (χ1n) is 15.3. The lowest BCUT2D eigenvalue weighted by atomic mass is 10.0. The zero-order valence-electron chi connectivity index (χ0n) is 25.6. The number of aliphatic hydroxyl groups excluding tert-OH is 1. The van der Waals surface area contributed by atoms with Crippen LogP contribution >= 0.6 is 8.58 Å². The Morgan fingerprint density at radius 3 is 2.62 bits per heavy atom. The van der Waals surface area contributed by atoms with Crippen molar-refractivity contribution in [2.45, 2.75) is 91.2 Å². The predicted octanol–water partition coefficient (Wildman–Crippen LogP) is 7.37. The quantitative estimate of drug-likeness (QED) is 0.238. The Bertz CT molecular complexity index is 1330. The van der Waals surface area contributed by atoms with E-state index in [9.17, 15) is 9.90 Å². The molecule has 0 aromatic heterocycles. The maximum absolute atomic E-state index is 15.1. The second-order valence-electron chi connectivity index (χ2n) is 11.5. The highest BCUT2D eigenvalue weighted by Gasteiger charge is 2.23. The van der Waals surface area contributed by atoms with Crippen LogP contribution in [0.2, 0.25) is 0 Å². The van der Waals surface area contributed by atoms with Crippen molar-refractivity contribution >= 4 is 26.4 Å². The lowest BCUT2D eigenvalue weighted by Gasteiger charge is -2.26. The van der Waals surface area contributed by atoms with Crippen LogP contribution in [0, 0.1) is 19.7 Å². The first kappa shape index (κ1) is 32.2. The fourth-order valence-corrected chi connectivity index (χ4v) is 6.91. The summed E-state index contributed by atoms with van der Waals surface area (Å²) >= 11 is 0. The normalized spacial score (nSPS) is 22.4. The van der Waals surface area contributed by atoms with Crippen LogP contribution in [-0.2, 0) is 6.54 Å². The molecule has 42 heavy (non-hydrogen) atoms. The number of aliphatic hydroxyl groups is 1. The maximum Gasteiger partial charge on any atom is 0.255 e. The van der Waals surface area contributed by atoms with E-state index in [-0.39, 0.29) is 29.7 Å². The Balaban J connectivity index is 1.44. The Hall–Kier alpha value is -2.70. The van der Waals surface area contributed by atoms with Gasteiger partial charge in [-0.05, 0) is 86.3 Å². The van der Waals surface area contributed by atoms with Crippen LogP contribution in [-0.4, -0.2) is 47.1 Å². The van der Waals surface area contributed by atoms with Crippen molar-refractivity contribution in [2.75, 3.05) is 18.4 Å². The van der Waals surface area contributed by atoms with E-state index in [4.69, 9.17) is 4.99 Å². The van der Waals surface area contributed by atoms with E-state index < -0.39 is 0 Å². The van der Waals surface area contributed by atoms with Crippen molar-refractivity contribution in [2.24, 2.45) is 4.99 Å². The maximum atomic E-state index is 15.1. The molecule has 226 valence electrons. The Labute approximate surface area is 252 Å². The summed E-state index contributed by atoms with van der Waals surface area (Å²) in [7, 11) is 0.602. The summed E-state index contributed by atoms with van der Waals surface area (Å²) in [6, 6.07) is 9.01. The topological polar surface area (TPSA) is 77.0 Å². The number of aliphatic imine (C=N–C) groups is 1. The standard InChI is InChI=1S/C34H46FN4O2P/c1-6-8-10-31-32(11-9-7-2)42-33(19-36-31)37-24(5)28-18-26(13-12-22(28)3)38-34(41)25-16-23(4)29(30(35)17-25)21-39-15-14-27(40)20-39/h10-13,16-19,24,27,33,37,40,42H,6-9,14-15,20-21H2,1-5H3,(H,38,41)/b31-10+,32-11-/t24?,27-,33?/m1/s1. The van der Waals surface area contributed by atoms with Gasteiger partial charge < -0.3 is 10.4 Å². The van der Waals surface area contributed by atoms with Crippen molar-refractivity contribution in [1.29, 1.82) is 0 Å². The number of carbonyl (C=O) groups is 1. The minimum absolute atomic E-state index is 0.0440. The van der Waals surface area contributed by atoms with E-state index in [0.717, 1.165) is 54.6 Å². The molecule has 4 rings (SSSR count). The highest BCUT2D eigenvalue weighted by Crippen LogP contribution is 2.39. The van der Waals surface area contributed by atoms with Crippen molar-refractivity contribution in [1.82, 2.24) is 10.2 Å². The van der Waals surface area contributed by atoms with Gasteiger partial charge in [0.05, 0.1) is 17.6 Å². The van der Waals surface area contributed by atoms with Crippen molar-refractivity contribution in [3.05, 3.63) is 87.1 Å². The number of aryl methyl sites for hydroxylation is 2. The molecule has 0 radical (unpaired) electrons. The molecule has 2 aromatic carbocycles. The van der Waals surface area contributed by atoms with Crippen LogP contribution in [0.1, 0.15) is 91.5 Å². The average Bonchev–Trinajstić information content (AvgIpc) is 3.38. The number of unbranched alkanes of at least 4 members (excludes halogenated alkanes) is 2. The molecular formula is C34H46FN4O2P. The van der Waals surface area contributed by atoms with Gasteiger partial charge in [0.15, 0.2) is 0 Å². The van der Waals surface area contributed by atoms with E-state index in [1.54, 1.807) is 6.07 Å². The fraction of sp³-hybridized carbons (Fsp3) is 0.471. The molecule has 8 heteroatoms. The van der Waals surface area contributed by atoms with Crippen molar-refractivity contribution < 1.29 is 14.3 Å². The molecule has 1 saturated heterocycles. The summed E-state index contributed by atoms with van der Waals surface area (Å²) in [5.41, 5.74) is 5.63. The number of nitrogens with one attached hydrogen (secondary N) is 2. The molecule has 2 aromatic rings. The van der Waals surface area contributed by atoms with E-state index in [1.165, 1.54) is 11.4 Å². The fourth-order valence-electron chi connectivity index (χ4n) is 5.52. The van der Waals surface area contributed by atoms with Crippen LogP contribution in [0.4, 0.5) is 10.1 Å². The molecule has 2 aliphatic heterocycles. The third kappa shape index (κ3) is 8.44. The van der Waals surface area contributed by atoms with Crippen LogP contribution in [0.15, 0.2) is 58.5 Å². The van der Waals surface area contributed by atoms with Gasteiger partial charge in [0, 0.05) is 48.7 Å². The monoisotopic (exact) mass is 592 g/mol. The first-order valence-corrected chi connectivity index (χ1v) is 16.3. The number of amides is 1. The lowest BCUT2D eigenvalue weighted by molar-refractivity contribution is 0.102. The highest BCUT2D eigenvalue weighted by molar-refractivity contribution is 7.45. The minimum Gasteiger partial charge on any atom is -0.392 e. The molecule has 0 bridgehead atoms. The number of nitrogens with zero attached hydrogens (tertiary/aromatic N) is 2. The van der Waals surface area contributed by atoms with Gasteiger partial charge in [0.2, 0.25) is 0 Å². The summed E-state index contributed by atoms with van der Waals surface area (Å²) < 4.78 is 15.1. The molecule has 2 aliphatic rings. The SMILES string of the molecule is CCC/C=C1\PC(NC(C)c2cc(NC(=O)c3cc(C)c(CN4CC[C@@H](O)C4)c(F)c3)ccc2C)C=N\C1=C\CCC. The number of likely N-dealkylation sites (tertiary alicyclic amines) is 1. The van der Waals surface area contributed by atoms with Gasteiger partial charge in [-0.1, -0.05) is 53.5 Å². The molecule has 2 heterocycles. The van der Waals surface area contributed by atoms with Gasteiger partial charge in [-0.25, -0.2) is 4.39 Å². The van der Waals surface area contributed by atoms with Gasteiger partial charge in [-0.15, -0.1) is 0 Å². The van der Waals surface area contributed by atoms with Gasteiger partial charge in [0.25, 0.3) is 5.91 Å². The van der Waals surface area contributed by atoms with E-state index in [1.807, 2.05) is 36.2 Å². The van der Waals surface area contributed by atoms with Crippen LogP contribution in [0.5, 0.6) is 0 Å². The molecular weight excluding hydrogens is 546 g/mol. The summed E-state index contributed by atoms with van der Waals surface area (Å²) in [6.45, 7) is 12.2. The molecule has 0 aliphatic carbocycles. The Morgan fingerprint density at radius 1 is 1.17 bits per heavy atom. The molecule has 4 atom stereocenters. The van der Waals surface area contributed by atoms with E-state index >= 15 is 4.39 Å². The van der Waals surface area contributed by atoms with Crippen LogP contribution in [0.3, 0.4) is 0 Å². The van der Waals surface area contributed by atoms with Gasteiger partial charge >= 0.3 is 0 Å². The average molecular weight is 593 g/mol. The number of rotatable bonds is 11. The number of allylic oxidation sites excluding steroid dienone is 3. The smallest absolute Gasteiger partial charge is 0.255 e. The lowest BCUT2D eigenvalue weighted by Crippen LogP contribution is -2.31. The summed E-state index contributed by atoms with van der Waals surface area (Å²) in [5.74, 6) is -0.583. The second kappa shape index (κ2) is 15.2. The second-order valence-corrected chi connectivity index (χ2v) is 13.0. The molecule has 3 N–H and O–H groups in total. The van der Waals surface area contributed by atoms with Gasteiger partial charge in [-0.2, -0.15) is 0 Å². The zero-order chi connectivity index (χ0) is 30.2. The Kier molecular flexibility index (Phi) is 11.6. The number of carbonyl (C=O) groups excluding carboxylic acids is 1. The number of anilines is 1. The van der Waals surface area contributed by atoms with Crippen LogP contribution < -0.4 is 10.6 Å². The third-order valence-electron chi connectivity index (χ3n) is 7.96.